The van der Waals surface area contributed by atoms with E-state index in [2.05, 4.69) is 13.5 Å². The van der Waals surface area contributed by atoms with Gasteiger partial charge in [0.25, 0.3) is 0 Å². The molecular weight excluding hydrogens is 331 g/mol. The van der Waals surface area contributed by atoms with E-state index in [0.29, 0.717) is 12.2 Å². The molecule has 1 aliphatic carbocycles. The molecule has 0 radical (unpaired) electrons. The van der Waals surface area contributed by atoms with Crippen LogP contribution in [0.25, 0.3) is 0 Å². The molecule has 1 saturated heterocycles. The molecule has 1 aliphatic heterocycles. The van der Waals surface area contributed by atoms with Gasteiger partial charge < -0.3 is 9.47 Å². The van der Waals surface area contributed by atoms with Gasteiger partial charge in [0.1, 0.15) is 24.3 Å². The first-order valence-electron chi connectivity index (χ1n) is 8.85. The van der Waals surface area contributed by atoms with E-state index in [1.165, 1.54) is 17.7 Å². The Balaban J connectivity index is 1.67. The van der Waals surface area contributed by atoms with Gasteiger partial charge in [-0.05, 0) is 67.1 Å². The van der Waals surface area contributed by atoms with Gasteiger partial charge in [-0.25, -0.2) is 9.18 Å². The molecule has 134 valence electrons. The molecular formula is C22H21FO3. The lowest BCUT2D eigenvalue weighted by molar-refractivity contribution is -0.139. The summed E-state index contributed by atoms with van der Waals surface area (Å²) in [6, 6.07) is 8.34. The summed E-state index contributed by atoms with van der Waals surface area (Å²) in [5.74, 6) is 0.284. The van der Waals surface area contributed by atoms with Crippen LogP contribution >= 0.6 is 0 Å². The molecule has 1 heterocycles. The number of esters is 1. The lowest BCUT2D eigenvalue weighted by Gasteiger charge is -2.30. The van der Waals surface area contributed by atoms with Crippen molar-refractivity contribution in [3.8, 4) is 5.75 Å². The van der Waals surface area contributed by atoms with Crippen LogP contribution < -0.4 is 4.74 Å². The normalized spacial score (nSPS) is 21.2. The lowest BCUT2D eigenvalue weighted by Crippen LogP contribution is -2.20. The van der Waals surface area contributed by atoms with E-state index in [1.807, 2.05) is 13.0 Å². The second-order valence-electron chi connectivity index (χ2n) is 7.12. The first-order valence-corrected chi connectivity index (χ1v) is 8.85. The largest absolute Gasteiger partial charge is 0.489 e. The molecule has 0 saturated carbocycles. The fourth-order valence-electron chi connectivity index (χ4n) is 4.06. The van der Waals surface area contributed by atoms with Crippen LogP contribution in [0.5, 0.6) is 5.75 Å². The maximum atomic E-state index is 13.1. The maximum Gasteiger partial charge on any atom is 0.334 e. The SMILES string of the molecule is C=C1C(=O)O[C@H]2c3c(C)c(OCc4ccc(F)cc4)cc(C)c3CC[C@@H]12. The molecule has 3 nitrogen and oxygen atoms in total. The maximum absolute atomic E-state index is 13.1. The minimum Gasteiger partial charge on any atom is -0.489 e. The molecule has 2 aliphatic rings. The Morgan fingerprint density at radius 1 is 1.27 bits per heavy atom. The quantitative estimate of drug-likeness (QED) is 0.591. The highest BCUT2D eigenvalue weighted by Gasteiger charge is 2.44. The van der Waals surface area contributed by atoms with E-state index in [1.54, 1.807) is 12.1 Å². The Morgan fingerprint density at radius 3 is 2.73 bits per heavy atom. The minimum absolute atomic E-state index is 0.0560. The van der Waals surface area contributed by atoms with E-state index >= 15 is 0 Å². The van der Waals surface area contributed by atoms with Gasteiger partial charge in [-0.15, -0.1) is 0 Å². The topological polar surface area (TPSA) is 35.5 Å². The molecule has 0 N–H and O–H groups in total. The van der Waals surface area contributed by atoms with Crippen LogP contribution in [-0.2, 0) is 22.6 Å². The Kier molecular flexibility index (Phi) is 4.06. The molecule has 0 unspecified atom stereocenters. The zero-order chi connectivity index (χ0) is 18.4. The number of ether oxygens (including phenoxy) is 2. The second-order valence-corrected chi connectivity index (χ2v) is 7.12. The van der Waals surface area contributed by atoms with Crippen molar-refractivity contribution in [1.29, 1.82) is 0 Å². The van der Waals surface area contributed by atoms with Crippen LogP contribution in [0, 0.1) is 25.6 Å². The average Bonchev–Trinajstić information content (AvgIpc) is 2.92. The molecule has 2 atom stereocenters. The molecule has 2 aromatic rings. The fraction of sp³-hybridized carbons (Fsp3) is 0.318. The highest BCUT2D eigenvalue weighted by molar-refractivity contribution is 5.91. The highest BCUT2D eigenvalue weighted by atomic mass is 19.1. The Hall–Kier alpha value is -2.62. The average molecular weight is 352 g/mol. The summed E-state index contributed by atoms with van der Waals surface area (Å²) in [7, 11) is 0. The van der Waals surface area contributed by atoms with Gasteiger partial charge in [-0.3, -0.25) is 0 Å². The van der Waals surface area contributed by atoms with Gasteiger partial charge in [-0.1, -0.05) is 18.7 Å². The standard InChI is InChI=1S/C22H21FO3/c1-12-10-19(25-11-15-4-6-16(23)7-5-15)14(3)20-17(12)8-9-18-13(2)22(24)26-21(18)20/h4-7,10,18,21H,2,8-9,11H2,1,3H3/t18-,21+/m0/s1. The first-order chi connectivity index (χ1) is 12.5. The Labute approximate surface area is 152 Å². The molecule has 26 heavy (non-hydrogen) atoms. The molecule has 0 aromatic heterocycles. The van der Waals surface area contributed by atoms with Gasteiger partial charge in [0.2, 0.25) is 0 Å². The molecule has 0 spiro atoms. The van der Waals surface area contributed by atoms with Crippen LogP contribution in [0.3, 0.4) is 0 Å². The van der Waals surface area contributed by atoms with Crippen LogP contribution in [0.1, 0.15) is 40.3 Å². The number of benzene rings is 2. The summed E-state index contributed by atoms with van der Waals surface area (Å²) in [6.45, 7) is 8.35. The van der Waals surface area contributed by atoms with Crippen LogP contribution in [0.15, 0.2) is 42.5 Å². The number of carbonyl (C=O) groups is 1. The summed E-state index contributed by atoms with van der Waals surface area (Å²) >= 11 is 0. The summed E-state index contributed by atoms with van der Waals surface area (Å²) < 4.78 is 24.7. The predicted molar refractivity (Wildman–Crippen MR) is 96.4 cm³/mol. The van der Waals surface area contributed by atoms with Gasteiger partial charge in [0, 0.05) is 17.1 Å². The van der Waals surface area contributed by atoms with E-state index in [0.717, 1.165) is 40.8 Å². The number of halogens is 1. The first kappa shape index (κ1) is 16.8. The number of hydrogen-bond acceptors (Lipinski definition) is 3. The molecule has 2 aromatic carbocycles. The third kappa shape index (κ3) is 2.70. The minimum atomic E-state index is -0.289. The monoisotopic (exact) mass is 352 g/mol. The van der Waals surface area contributed by atoms with Crippen molar-refractivity contribution in [2.24, 2.45) is 5.92 Å². The number of carbonyl (C=O) groups excluding carboxylic acids is 1. The molecule has 4 heteroatoms. The van der Waals surface area contributed by atoms with Gasteiger partial charge in [-0.2, -0.15) is 0 Å². The van der Waals surface area contributed by atoms with Gasteiger partial charge in [0.15, 0.2) is 0 Å². The number of hydrogen-bond donors (Lipinski definition) is 0. The Bertz CT molecular complexity index is 899. The van der Waals surface area contributed by atoms with E-state index in [9.17, 15) is 9.18 Å². The fourth-order valence-corrected chi connectivity index (χ4v) is 4.06. The van der Waals surface area contributed by atoms with Crippen molar-refractivity contribution < 1.29 is 18.7 Å². The van der Waals surface area contributed by atoms with Crippen molar-refractivity contribution in [2.45, 2.75) is 39.4 Å². The van der Waals surface area contributed by atoms with E-state index < -0.39 is 0 Å². The van der Waals surface area contributed by atoms with Crippen molar-refractivity contribution in [2.75, 3.05) is 0 Å². The summed E-state index contributed by atoms with van der Waals surface area (Å²) in [5.41, 5.74) is 5.95. The predicted octanol–water partition coefficient (Wildman–Crippen LogP) is 4.74. The summed E-state index contributed by atoms with van der Waals surface area (Å²) in [4.78, 5) is 12.0. The number of fused-ring (bicyclic) bond motifs is 3. The van der Waals surface area contributed by atoms with Crippen LogP contribution in [-0.4, -0.2) is 5.97 Å². The number of aryl methyl sites for hydroxylation is 1. The van der Waals surface area contributed by atoms with Gasteiger partial charge >= 0.3 is 5.97 Å². The zero-order valence-electron chi connectivity index (χ0n) is 15.0. The smallest absolute Gasteiger partial charge is 0.334 e. The third-order valence-corrected chi connectivity index (χ3v) is 5.53. The molecule has 0 bridgehead atoms. The Morgan fingerprint density at radius 2 is 2.00 bits per heavy atom. The second kappa shape index (κ2) is 6.27. The lowest BCUT2D eigenvalue weighted by atomic mass is 9.76. The number of rotatable bonds is 3. The van der Waals surface area contributed by atoms with Crippen molar-refractivity contribution in [3.05, 3.63) is 76.1 Å². The van der Waals surface area contributed by atoms with Crippen molar-refractivity contribution >= 4 is 5.97 Å². The third-order valence-electron chi connectivity index (χ3n) is 5.53. The summed E-state index contributed by atoms with van der Waals surface area (Å²) in [5, 5.41) is 0. The van der Waals surface area contributed by atoms with Crippen molar-refractivity contribution in [1.82, 2.24) is 0 Å². The molecule has 1 fully saturated rings. The van der Waals surface area contributed by atoms with Crippen LogP contribution in [0.2, 0.25) is 0 Å². The van der Waals surface area contributed by atoms with Gasteiger partial charge in [0.05, 0.1) is 0 Å². The van der Waals surface area contributed by atoms with E-state index in [4.69, 9.17) is 9.47 Å². The molecule has 0 amide bonds. The highest BCUT2D eigenvalue weighted by Crippen LogP contribution is 2.49. The van der Waals surface area contributed by atoms with Crippen molar-refractivity contribution in [3.63, 3.8) is 0 Å². The zero-order valence-corrected chi connectivity index (χ0v) is 15.0. The van der Waals surface area contributed by atoms with E-state index in [-0.39, 0.29) is 23.8 Å². The summed E-state index contributed by atoms with van der Waals surface area (Å²) in [6.07, 6.45) is 1.54. The van der Waals surface area contributed by atoms with Crippen LogP contribution in [0.4, 0.5) is 4.39 Å². The molecule has 4 rings (SSSR count).